The number of amides is 1. The van der Waals surface area contributed by atoms with Crippen molar-refractivity contribution in [3.05, 3.63) is 59.1 Å². The Morgan fingerprint density at radius 2 is 1.81 bits per heavy atom. The SMILES string of the molecule is C[C@@H](OC(=O)COc1ccccc1)C(=O)Nc1cc(C(F)(F)F)ccc1Cl. The molecule has 1 N–H and O–H groups in total. The van der Waals surface area contributed by atoms with Crippen LogP contribution < -0.4 is 10.1 Å². The zero-order valence-electron chi connectivity index (χ0n) is 14.0. The number of carbonyl (C=O) groups is 2. The first-order chi connectivity index (χ1) is 12.7. The molecule has 5 nitrogen and oxygen atoms in total. The highest BCUT2D eigenvalue weighted by Gasteiger charge is 2.31. The molecule has 0 saturated heterocycles. The molecule has 0 aliphatic rings. The molecule has 2 aromatic rings. The Hall–Kier alpha value is -2.74. The molecule has 0 fully saturated rings. The third kappa shape index (κ3) is 6.18. The first kappa shape index (κ1) is 20.6. The zero-order valence-corrected chi connectivity index (χ0v) is 14.8. The van der Waals surface area contributed by atoms with Crippen molar-refractivity contribution in [2.75, 3.05) is 11.9 Å². The summed E-state index contributed by atoms with van der Waals surface area (Å²) in [5.74, 6) is -1.19. The van der Waals surface area contributed by atoms with Crippen LogP contribution in [0.5, 0.6) is 5.75 Å². The molecule has 1 amide bonds. The number of para-hydroxylation sites is 1. The highest BCUT2D eigenvalue weighted by atomic mass is 35.5. The Morgan fingerprint density at radius 3 is 2.44 bits per heavy atom. The lowest BCUT2D eigenvalue weighted by Gasteiger charge is -2.15. The van der Waals surface area contributed by atoms with E-state index < -0.39 is 36.3 Å². The van der Waals surface area contributed by atoms with Gasteiger partial charge in [-0.25, -0.2) is 4.79 Å². The van der Waals surface area contributed by atoms with E-state index in [0.29, 0.717) is 11.8 Å². The standard InChI is InChI=1S/C18H15ClF3NO4/c1-11(27-16(24)10-26-13-5-3-2-4-6-13)17(25)23-15-9-12(18(20,21)22)7-8-14(15)19/h2-9,11H,10H2,1H3,(H,23,25)/t11-/m1/s1. The number of rotatable bonds is 6. The summed E-state index contributed by atoms with van der Waals surface area (Å²) >= 11 is 5.81. The molecule has 0 aliphatic carbocycles. The van der Waals surface area contributed by atoms with E-state index in [-0.39, 0.29) is 10.7 Å². The predicted molar refractivity (Wildman–Crippen MR) is 92.6 cm³/mol. The van der Waals surface area contributed by atoms with Crippen LogP contribution in [0, 0.1) is 0 Å². The van der Waals surface area contributed by atoms with Crippen LogP contribution in [0.2, 0.25) is 5.02 Å². The summed E-state index contributed by atoms with van der Waals surface area (Å²) in [6, 6.07) is 11.0. The van der Waals surface area contributed by atoms with Gasteiger partial charge >= 0.3 is 12.1 Å². The molecule has 9 heteroatoms. The summed E-state index contributed by atoms with van der Waals surface area (Å²) in [4.78, 5) is 23.8. The van der Waals surface area contributed by atoms with Crippen LogP contribution in [0.4, 0.5) is 18.9 Å². The highest BCUT2D eigenvalue weighted by Crippen LogP contribution is 2.33. The van der Waals surface area contributed by atoms with Gasteiger partial charge in [-0.05, 0) is 37.3 Å². The first-order valence-corrected chi connectivity index (χ1v) is 8.09. The Balaban J connectivity index is 1.92. The topological polar surface area (TPSA) is 64.6 Å². The number of anilines is 1. The molecule has 0 unspecified atom stereocenters. The molecule has 2 rings (SSSR count). The van der Waals surface area contributed by atoms with Crippen molar-refractivity contribution in [3.63, 3.8) is 0 Å². The fourth-order valence-corrected chi connectivity index (χ4v) is 2.14. The second kappa shape index (κ2) is 8.77. The second-order valence-corrected chi connectivity index (χ2v) is 5.82. The van der Waals surface area contributed by atoms with Crippen LogP contribution >= 0.6 is 11.6 Å². The first-order valence-electron chi connectivity index (χ1n) is 7.72. The fraction of sp³-hybridized carbons (Fsp3) is 0.222. The van der Waals surface area contributed by atoms with Gasteiger partial charge in [0.1, 0.15) is 5.75 Å². The summed E-state index contributed by atoms with van der Waals surface area (Å²) in [7, 11) is 0. The van der Waals surface area contributed by atoms with Crippen LogP contribution in [-0.4, -0.2) is 24.6 Å². The van der Waals surface area contributed by atoms with E-state index >= 15 is 0 Å². The van der Waals surface area contributed by atoms with E-state index in [4.69, 9.17) is 21.1 Å². The van der Waals surface area contributed by atoms with E-state index in [1.54, 1.807) is 30.3 Å². The van der Waals surface area contributed by atoms with E-state index in [9.17, 15) is 22.8 Å². The normalized spacial score (nSPS) is 12.2. The van der Waals surface area contributed by atoms with Gasteiger partial charge in [-0.3, -0.25) is 4.79 Å². The van der Waals surface area contributed by atoms with Crippen LogP contribution in [0.25, 0.3) is 0 Å². The molecule has 0 aromatic heterocycles. The Kier molecular flexibility index (Phi) is 6.68. The lowest BCUT2D eigenvalue weighted by Crippen LogP contribution is -2.31. The van der Waals surface area contributed by atoms with Crippen LogP contribution in [0.1, 0.15) is 12.5 Å². The molecule has 27 heavy (non-hydrogen) atoms. The Bertz CT molecular complexity index is 812. The van der Waals surface area contributed by atoms with Crippen LogP contribution in [-0.2, 0) is 20.5 Å². The molecular formula is C18H15ClF3NO4. The number of ether oxygens (including phenoxy) is 2. The van der Waals surface area contributed by atoms with Crippen LogP contribution in [0.3, 0.4) is 0 Å². The maximum atomic E-state index is 12.8. The molecule has 0 saturated carbocycles. The number of nitrogens with one attached hydrogen (secondary N) is 1. The molecule has 2 aromatic carbocycles. The smallest absolute Gasteiger partial charge is 0.416 e. The van der Waals surface area contributed by atoms with Crippen molar-refractivity contribution >= 4 is 29.2 Å². The average Bonchev–Trinajstić information content (AvgIpc) is 2.61. The Labute approximate surface area is 158 Å². The lowest BCUT2D eigenvalue weighted by molar-refractivity contribution is -0.155. The molecule has 0 spiro atoms. The summed E-state index contributed by atoms with van der Waals surface area (Å²) in [5, 5.41) is 2.13. The van der Waals surface area contributed by atoms with Crippen molar-refractivity contribution < 1.29 is 32.2 Å². The number of hydrogen-bond donors (Lipinski definition) is 1. The van der Waals surface area contributed by atoms with E-state index in [2.05, 4.69) is 5.32 Å². The predicted octanol–water partition coefficient (Wildman–Crippen LogP) is 4.31. The average molecular weight is 402 g/mol. The molecule has 0 radical (unpaired) electrons. The minimum absolute atomic E-state index is 0.0812. The molecule has 0 aliphatic heterocycles. The quantitative estimate of drug-likeness (QED) is 0.733. The summed E-state index contributed by atoms with van der Waals surface area (Å²) in [5.41, 5.74) is -1.21. The molecule has 144 valence electrons. The monoisotopic (exact) mass is 401 g/mol. The van der Waals surface area contributed by atoms with Gasteiger partial charge in [0.2, 0.25) is 0 Å². The van der Waals surface area contributed by atoms with Gasteiger partial charge in [0.25, 0.3) is 5.91 Å². The summed E-state index contributed by atoms with van der Waals surface area (Å²) < 4.78 is 48.3. The number of carbonyl (C=O) groups excluding carboxylic acids is 2. The van der Waals surface area contributed by atoms with Crippen molar-refractivity contribution in [3.8, 4) is 5.75 Å². The van der Waals surface area contributed by atoms with Gasteiger partial charge in [0.05, 0.1) is 16.3 Å². The van der Waals surface area contributed by atoms with Crippen molar-refractivity contribution in [1.29, 1.82) is 0 Å². The van der Waals surface area contributed by atoms with Crippen LogP contribution in [0.15, 0.2) is 48.5 Å². The third-order valence-corrected chi connectivity index (χ3v) is 3.66. The van der Waals surface area contributed by atoms with E-state index in [1.165, 1.54) is 6.92 Å². The third-order valence-electron chi connectivity index (χ3n) is 3.33. The number of alkyl halides is 3. The number of hydrogen-bond acceptors (Lipinski definition) is 4. The van der Waals surface area contributed by atoms with Gasteiger partial charge in [-0.15, -0.1) is 0 Å². The summed E-state index contributed by atoms with van der Waals surface area (Å²) in [6.07, 6.45) is -5.85. The molecule has 0 bridgehead atoms. The van der Waals surface area contributed by atoms with Crippen molar-refractivity contribution in [2.45, 2.75) is 19.2 Å². The number of halogens is 4. The van der Waals surface area contributed by atoms with Gasteiger partial charge in [-0.1, -0.05) is 29.8 Å². The maximum absolute atomic E-state index is 12.8. The number of benzene rings is 2. The van der Waals surface area contributed by atoms with E-state index in [0.717, 1.165) is 12.1 Å². The zero-order chi connectivity index (χ0) is 20.0. The summed E-state index contributed by atoms with van der Waals surface area (Å²) in [6.45, 7) is 0.850. The van der Waals surface area contributed by atoms with Crippen molar-refractivity contribution in [1.82, 2.24) is 0 Å². The van der Waals surface area contributed by atoms with Gasteiger partial charge in [0, 0.05) is 0 Å². The van der Waals surface area contributed by atoms with Crippen molar-refractivity contribution in [2.24, 2.45) is 0 Å². The molecular weight excluding hydrogens is 387 g/mol. The maximum Gasteiger partial charge on any atom is 0.416 e. The lowest BCUT2D eigenvalue weighted by atomic mass is 10.2. The van der Waals surface area contributed by atoms with Gasteiger partial charge in [0.15, 0.2) is 12.7 Å². The molecule has 0 heterocycles. The minimum atomic E-state index is -4.59. The second-order valence-electron chi connectivity index (χ2n) is 5.42. The number of esters is 1. The fourth-order valence-electron chi connectivity index (χ4n) is 1.98. The molecule has 1 atom stereocenters. The van der Waals surface area contributed by atoms with E-state index in [1.807, 2.05) is 0 Å². The minimum Gasteiger partial charge on any atom is -0.482 e. The van der Waals surface area contributed by atoms with Gasteiger partial charge in [-0.2, -0.15) is 13.2 Å². The largest absolute Gasteiger partial charge is 0.482 e. The van der Waals surface area contributed by atoms with Gasteiger partial charge < -0.3 is 14.8 Å². The highest BCUT2D eigenvalue weighted by molar-refractivity contribution is 6.33. The Morgan fingerprint density at radius 1 is 1.15 bits per heavy atom.